The second-order valence-electron chi connectivity index (χ2n) is 4.71. The van der Waals surface area contributed by atoms with Crippen molar-refractivity contribution in [3.05, 3.63) is 0 Å². The molecule has 1 heterocycles. The maximum atomic E-state index is 11.8. The second-order valence-corrected chi connectivity index (χ2v) is 4.71. The van der Waals surface area contributed by atoms with Crippen LogP contribution in [0.4, 0.5) is 0 Å². The third-order valence-corrected chi connectivity index (χ3v) is 2.83. The van der Waals surface area contributed by atoms with E-state index >= 15 is 0 Å². The maximum Gasteiger partial charge on any atom is 0.345 e. The van der Waals surface area contributed by atoms with Crippen LogP contribution in [0.2, 0.25) is 0 Å². The first-order valence-electron chi connectivity index (χ1n) is 6.60. The number of methoxy groups -OCH3 is 1. The Bertz CT molecular complexity index is 487. The number of aliphatic hydroxyl groups excluding tert-OH is 1. The minimum Gasteiger partial charge on any atom is -0.455 e. The Labute approximate surface area is 131 Å². The molecule has 130 valence electrons. The normalized spacial score (nSPS) is 30.2. The summed E-state index contributed by atoms with van der Waals surface area (Å²) in [5.74, 6) is -3.63. The molecule has 0 amide bonds. The summed E-state index contributed by atoms with van der Waals surface area (Å²) in [5.41, 5.74) is 0. The van der Waals surface area contributed by atoms with Crippen LogP contribution in [-0.4, -0.2) is 66.8 Å². The standard InChI is InChI=1S/C13H18O10/c1-5(14)20-9-8(17)10(12(18)22-7(3)16)23-13(19-4)11(9)21-6(2)15/h8-11,13,17H,1-4H3/t8-,9-,10-,11+,13+/m0/s1. The number of ether oxygens (including phenoxy) is 5. The van der Waals surface area contributed by atoms with E-state index in [1.807, 2.05) is 0 Å². The Morgan fingerprint density at radius 2 is 1.43 bits per heavy atom. The predicted octanol–water partition coefficient (Wildman–Crippen LogP) is -1.33. The first-order valence-corrected chi connectivity index (χ1v) is 6.60. The summed E-state index contributed by atoms with van der Waals surface area (Å²) in [6, 6.07) is 0. The van der Waals surface area contributed by atoms with E-state index in [4.69, 9.17) is 18.9 Å². The van der Waals surface area contributed by atoms with Gasteiger partial charge in [0.25, 0.3) is 0 Å². The van der Waals surface area contributed by atoms with Gasteiger partial charge in [0.2, 0.25) is 0 Å². The number of hydrogen-bond acceptors (Lipinski definition) is 10. The van der Waals surface area contributed by atoms with Crippen molar-refractivity contribution in [3.8, 4) is 0 Å². The summed E-state index contributed by atoms with van der Waals surface area (Å²) in [5, 5.41) is 10.2. The minimum atomic E-state index is -1.73. The smallest absolute Gasteiger partial charge is 0.345 e. The summed E-state index contributed by atoms with van der Waals surface area (Å²) in [4.78, 5) is 45.1. The van der Waals surface area contributed by atoms with E-state index < -0.39 is 54.6 Å². The van der Waals surface area contributed by atoms with Gasteiger partial charge in [0, 0.05) is 27.9 Å². The number of aliphatic hydroxyl groups is 1. The van der Waals surface area contributed by atoms with Gasteiger partial charge in [-0.2, -0.15) is 0 Å². The van der Waals surface area contributed by atoms with Gasteiger partial charge in [-0.25, -0.2) is 4.79 Å². The largest absolute Gasteiger partial charge is 0.455 e. The Morgan fingerprint density at radius 3 is 1.87 bits per heavy atom. The molecule has 0 aromatic carbocycles. The van der Waals surface area contributed by atoms with Crippen molar-refractivity contribution in [2.24, 2.45) is 0 Å². The van der Waals surface area contributed by atoms with Crippen LogP contribution in [0, 0.1) is 0 Å². The van der Waals surface area contributed by atoms with Gasteiger partial charge in [-0.1, -0.05) is 0 Å². The lowest BCUT2D eigenvalue weighted by atomic mass is 9.98. The molecule has 1 aliphatic heterocycles. The first-order chi connectivity index (χ1) is 10.7. The third kappa shape index (κ3) is 4.98. The molecule has 0 bridgehead atoms. The fourth-order valence-electron chi connectivity index (χ4n) is 2.05. The van der Waals surface area contributed by atoms with Gasteiger partial charge >= 0.3 is 23.9 Å². The number of carbonyl (C=O) groups is 4. The van der Waals surface area contributed by atoms with E-state index in [1.54, 1.807) is 0 Å². The molecular formula is C13H18O10. The lowest BCUT2D eigenvalue weighted by Gasteiger charge is -2.41. The zero-order chi connectivity index (χ0) is 17.7. The van der Waals surface area contributed by atoms with Gasteiger partial charge in [-0.05, 0) is 0 Å². The van der Waals surface area contributed by atoms with E-state index in [0.29, 0.717) is 0 Å². The Hall–Kier alpha value is -2.04. The van der Waals surface area contributed by atoms with Crippen LogP contribution < -0.4 is 0 Å². The van der Waals surface area contributed by atoms with Crippen molar-refractivity contribution in [1.82, 2.24) is 0 Å². The van der Waals surface area contributed by atoms with E-state index in [1.165, 1.54) is 7.11 Å². The van der Waals surface area contributed by atoms with Crippen LogP contribution >= 0.6 is 0 Å². The van der Waals surface area contributed by atoms with Crippen LogP contribution in [0.5, 0.6) is 0 Å². The number of hydrogen-bond donors (Lipinski definition) is 1. The van der Waals surface area contributed by atoms with E-state index in [9.17, 15) is 24.3 Å². The molecular weight excluding hydrogens is 316 g/mol. The summed E-state index contributed by atoms with van der Waals surface area (Å²) >= 11 is 0. The van der Waals surface area contributed by atoms with Crippen molar-refractivity contribution in [1.29, 1.82) is 0 Å². The van der Waals surface area contributed by atoms with E-state index in [-0.39, 0.29) is 0 Å². The third-order valence-electron chi connectivity index (χ3n) is 2.83. The van der Waals surface area contributed by atoms with Crippen molar-refractivity contribution in [2.45, 2.75) is 51.5 Å². The molecule has 0 spiro atoms. The number of esters is 4. The monoisotopic (exact) mass is 334 g/mol. The number of rotatable bonds is 4. The van der Waals surface area contributed by atoms with Gasteiger partial charge in [-0.3, -0.25) is 14.4 Å². The summed E-state index contributed by atoms with van der Waals surface area (Å²) < 4.78 is 24.3. The predicted molar refractivity (Wildman–Crippen MR) is 69.6 cm³/mol. The Kier molecular flexibility index (Phi) is 6.61. The quantitative estimate of drug-likeness (QED) is 0.374. The molecule has 0 aromatic heterocycles. The highest BCUT2D eigenvalue weighted by molar-refractivity contribution is 5.87. The van der Waals surface area contributed by atoms with Crippen molar-refractivity contribution >= 4 is 23.9 Å². The van der Waals surface area contributed by atoms with Gasteiger partial charge in [0.05, 0.1) is 0 Å². The van der Waals surface area contributed by atoms with Crippen LogP contribution in [-0.2, 0) is 42.9 Å². The lowest BCUT2D eigenvalue weighted by molar-refractivity contribution is -0.293. The Morgan fingerprint density at radius 1 is 0.913 bits per heavy atom. The maximum absolute atomic E-state index is 11.8. The topological polar surface area (TPSA) is 135 Å². The first kappa shape index (κ1) is 19.0. The highest BCUT2D eigenvalue weighted by atomic mass is 16.7. The molecule has 1 rings (SSSR count). The van der Waals surface area contributed by atoms with Gasteiger partial charge in [-0.15, -0.1) is 0 Å². The molecule has 1 saturated heterocycles. The van der Waals surface area contributed by atoms with Gasteiger partial charge in [0.1, 0.15) is 6.10 Å². The number of carbonyl (C=O) groups excluding carboxylic acids is 4. The SMILES string of the molecule is CO[C@@H]1O[C@H](C(=O)OC(C)=O)[C@@H](O)[C@H](OC(C)=O)[C@H]1OC(C)=O. The van der Waals surface area contributed by atoms with Gasteiger partial charge in [0.15, 0.2) is 24.6 Å². The average molecular weight is 334 g/mol. The Balaban J connectivity index is 3.08. The molecule has 10 nitrogen and oxygen atoms in total. The zero-order valence-corrected chi connectivity index (χ0v) is 13.0. The molecule has 5 atom stereocenters. The molecule has 23 heavy (non-hydrogen) atoms. The summed E-state index contributed by atoms with van der Waals surface area (Å²) in [6.45, 7) is 3.16. The van der Waals surface area contributed by atoms with Crippen LogP contribution in [0.3, 0.4) is 0 Å². The minimum absolute atomic E-state index is 0.741. The molecule has 0 aromatic rings. The average Bonchev–Trinajstić information content (AvgIpc) is 2.41. The van der Waals surface area contributed by atoms with Crippen LogP contribution in [0.1, 0.15) is 20.8 Å². The van der Waals surface area contributed by atoms with Crippen LogP contribution in [0.25, 0.3) is 0 Å². The molecule has 0 unspecified atom stereocenters. The van der Waals surface area contributed by atoms with E-state index in [2.05, 4.69) is 4.74 Å². The second kappa shape index (κ2) is 7.99. The highest BCUT2D eigenvalue weighted by Crippen LogP contribution is 2.27. The van der Waals surface area contributed by atoms with Crippen molar-refractivity contribution in [2.75, 3.05) is 7.11 Å². The van der Waals surface area contributed by atoms with E-state index in [0.717, 1.165) is 20.8 Å². The molecule has 0 saturated carbocycles. The highest BCUT2D eigenvalue weighted by Gasteiger charge is 2.52. The molecule has 0 aliphatic carbocycles. The molecule has 1 aliphatic rings. The van der Waals surface area contributed by atoms with Gasteiger partial charge < -0.3 is 28.8 Å². The fraction of sp³-hybridized carbons (Fsp3) is 0.692. The zero-order valence-electron chi connectivity index (χ0n) is 13.0. The lowest BCUT2D eigenvalue weighted by Crippen LogP contribution is -2.62. The molecule has 10 heteroatoms. The molecule has 1 N–H and O–H groups in total. The molecule has 0 radical (unpaired) electrons. The van der Waals surface area contributed by atoms with Crippen molar-refractivity contribution < 1.29 is 48.0 Å². The summed E-state index contributed by atoms with van der Waals surface area (Å²) in [7, 11) is 1.19. The molecule has 1 fully saturated rings. The summed E-state index contributed by atoms with van der Waals surface area (Å²) in [6.07, 6.45) is -7.48. The van der Waals surface area contributed by atoms with Crippen molar-refractivity contribution in [3.63, 3.8) is 0 Å². The van der Waals surface area contributed by atoms with Crippen LogP contribution in [0.15, 0.2) is 0 Å². The fourth-order valence-corrected chi connectivity index (χ4v) is 2.05.